The van der Waals surface area contributed by atoms with Crippen LogP contribution in [0.25, 0.3) is 10.6 Å². The maximum Gasteiger partial charge on any atom is 0.358 e. The fourth-order valence-corrected chi connectivity index (χ4v) is 4.68. The lowest BCUT2D eigenvalue weighted by Crippen LogP contribution is -2.49. The summed E-state index contributed by atoms with van der Waals surface area (Å²) in [6.45, 7) is 1.81. The van der Waals surface area contributed by atoms with Gasteiger partial charge in [-0.3, -0.25) is 14.9 Å². The van der Waals surface area contributed by atoms with Gasteiger partial charge in [0.05, 0.1) is 4.92 Å². The molecular formula is C20H18N4O5S2. The minimum Gasteiger partial charge on any atom is -0.451 e. The lowest BCUT2D eigenvalue weighted by molar-refractivity contribution is -0.384. The van der Waals surface area contributed by atoms with Crippen LogP contribution >= 0.6 is 22.7 Å². The van der Waals surface area contributed by atoms with Crippen molar-refractivity contribution in [2.45, 2.75) is 0 Å². The normalized spacial score (nSPS) is 13.8. The predicted octanol–water partition coefficient (Wildman–Crippen LogP) is 3.29. The third-order valence-electron chi connectivity index (χ3n) is 4.87. The van der Waals surface area contributed by atoms with Gasteiger partial charge in [0, 0.05) is 60.3 Å². The highest BCUT2D eigenvalue weighted by atomic mass is 32.1. The van der Waals surface area contributed by atoms with Crippen molar-refractivity contribution >= 4 is 45.9 Å². The molecule has 31 heavy (non-hydrogen) atoms. The number of aromatic nitrogens is 1. The quantitative estimate of drug-likeness (QED) is 0.317. The Balaban J connectivity index is 1.25. The second-order valence-corrected chi connectivity index (χ2v) is 8.41. The van der Waals surface area contributed by atoms with Crippen LogP contribution in [0.2, 0.25) is 0 Å². The lowest BCUT2D eigenvalue weighted by Gasteiger charge is -2.36. The molecule has 0 N–H and O–H groups in total. The van der Waals surface area contributed by atoms with Gasteiger partial charge >= 0.3 is 5.97 Å². The number of esters is 1. The van der Waals surface area contributed by atoms with Crippen LogP contribution in [0.4, 0.5) is 11.4 Å². The summed E-state index contributed by atoms with van der Waals surface area (Å²) in [6.07, 6.45) is 0. The van der Waals surface area contributed by atoms with Gasteiger partial charge in [0.15, 0.2) is 12.3 Å². The summed E-state index contributed by atoms with van der Waals surface area (Å²) in [4.78, 5) is 43.0. The van der Waals surface area contributed by atoms with Gasteiger partial charge in [-0.15, -0.1) is 11.3 Å². The Morgan fingerprint density at radius 2 is 1.84 bits per heavy atom. The molecule has 1 saturated heterocycles. The molecule has 0 aliphatic carbocycles. The molecule has 1 aliphatic rings. The molecule has 1 aliphatic heterocycles. The first-order chi connectivity index (χ1) is 15.0. The summed E-state index contributed by atoms with van der Waals surface area (Å²) in [5, 5.41) is 17.0. The standard InChI is InChI=1S/C20H18N4O5S2/c25-18(11-29-20(26)17-13-31-19(21-17)14-5-10-30-12-14)23-8-6-22(7-9-23)15-1-3-16(4-2-15)24(27)28/h1-5,10,12-13H,6-9,11H2. The van der Waals surface area contributed by atoms with Crippen molar-refractivity contribution in [1.82, 2.24) is 9.88 Å². The van der Waals surface area contributed by atoms with E-state index in [-0.39, 0.29) is 23.9 Å². The van der Waals surface area contributed by atoms with Gasteiger partial charge in [-0.2, -0.15) is 11.3 Å². The van der Waals surface area contributed by atoms with Crippen LogP contribution < -0.4 is 4.90 Å². The predicted molar refractivity (Wildman–Crippen MR) is 118 cm³/mol. The molecule has 9 nitrogen and oxygen atoms in total. The number of anilines is 1. The smallest absolute Gasteiger partial charge is 0.358 e. The number of non-ortho nitro benzene ring substituents is 1. The number of piperazine rings is 1. The summed E-state index contributed by atoms with van der Waals surface area (Å²) < 4.78 is 5.16. The van der Waals surface area contributed by atoms with Crippen LogP contribution in [-0.2, 0) is 9.53 Å². The van der Waals surface area contributed by atoms with Crippen LogP contribution in [0.15, 0.2) is 46.5 Å². The van der Waals surface area contributed by atoms with Gasteiger partial charge in [-0.25, -0.2) is 9.78 Å². The molecular weight excluding hydrogens is 440 g/mol. The van der Waals surface area contributed by atoms with Gasteiger partial charge in [0.1, 0.15) is 5.01 Å². The maximum absolute atomic E-state index is 12.4. The zero-order valence-electron chi connectivity index (χ0n) is 16.3. The Morgan fingerprint density at radius 1 is 1.10 bits per heavy atom. The molecule has 0 saturated carbocycles. The van der Waals surface area contributed by atoms with Crippen LogP contribution in [0.5, 0.6) is 0 Å². The minimum absolute atomic E-state index is 0.0435. The molecule has 0 radical (unpaired) electrons. The number of nitro groups is 1. The summed E-state index contributed by atoms with van der Waals surface area (Å²) >= 11 is 2.91. The number of benzene rings is 1. The Bertz CT molecular complexity index is 1070. The van der Waals surface area contributed by atoms with E-state index < -0.39 is 10.9 Å². The molecule has 0 bridgehead atoms. The van der Waals surface area contributed by atoms with Crippen molar-refractivity contribution in [3.8, 4) is 10.6 Å². The van der Waals surface area contributed by atoms with Gasteiger partial charge in [0.25, 0.3) is 11.6 Å². The number of rotatable bonds is 6. The number of ether oxygens (including phenoxy) is 1. The Morgan fingerprint density at radius 3 is 2.48 bits per heavy atom. The molecule has 0 spiro atoms. The first kappa shape index (κ1) is 20.9. The van der Waals surface area contributed by atoms with Crippen molar-refractivity contribution in [3.05, 3.63) is 62.3 Å². The van der Waals surface area contributed by atoms with E-state index in [0.717, 1.165) is 16.3 Å². The lowest BCUT2D eigenvalue weighted by atomic mass is 10.2. The van der Waals surface area contributed by atoms with Gasteiger partial charge in [-0.05, 0) is 23.6 Å². The van der Waals surface area contributed by atoms with E-state index in [9.17, 15) is 19.7 Å². The minimum atomic E-state index is -0.615. The molecule has 1 aromatic carbocycles. The average molecular weight is 459 g/mol. The molecule has 4 rings (SSSR count). The zero-order chi connectivity index (χ0) is 21.8. The van der Waals surface area contributed by atoms with Crippen LogP contribution in [0, 0.1) is 10.1 Å². The molecule has 1 amide bonds. The summed E-state index contributed by atoms with van der Waals surface area (Å²) in [5.41, 5.74) is 2.06. The number of hydrogen-bond acceptors (Lipinski definition) is 9. The molecule has 0 unspecified atom stereocenters. The number of thiazole rings is 1. The summed E-state index contributed by atoms with van der Waals surface area (Å²) in [7, 11) is 0. The van der Waals surface area contributed by atoms with Gasteiger partial charge in [-0.1, -0.05) is 0 Å². The zero-order valence-corrected chi connectivity index (χ0v) is 17.9. The number of thiophene rings is 1. The number of nitro benzene ring substituents is 1. The van der Waals surface area contributed by atoms with Gasteiger partial charge in [0.2, 0.25) is 0 Å². The van der Waals surface area contributed by atoms with Crippen molar-refractivity contribution in [3.63, 3.8) is 0 Å². The van der Waals surface area contributed by atoms with E-state index in [1.54, 1.807) is 33.7 Å². The summed E-state index contributed by atoms with van der Waals surface area (Å²) in [6, 6.07) is 8.27. The second-order valence-electron chi connectivity index (χ2n) is 6.77. The molecule has 0 atom stereocenters. The molecule has 2 aromatic heterocycles. The summed E-state index contributed by atoms with van der Waals surface area (Å²) in [5.74, 6) is -0.874. The van der Waals surface area contributed by atoms with E-state index in [1.165, 1.54) is 23.5 Å². The first-order valence-electron chi connectivity index (χ1n) is 9.43. The van der Waals surface area contributed by atoms with Crippen LogP contribution in [0.1, 0.15) is 10.5 Å². The molecule has 11 heteroatoms. The Hall–Kier alpha value is -3.31. The highest BCUT2D eigenvalue weighted by Gasteiger charge is 2.23. The molecule has 1 fully saturated rings. The number of amides is 1. The van der Waals surface area contributed by atoms with Crippen molar-refractivity contribution in [2.75, 3.05) is 37.7 Å². The SMILES string of the molecule is O=C(OCC(=O)N1CCN(c2ccc([N+](=O)[O-])cc2)CC1)c1csc(-c2ccsc2)n1. The van der Waals surface area contributed by atoms with Crippen molar-refractivity contribution in [2.24, 2.45) is 0 Å². The average Bonchev–Trinajstić information content (AvgIpc) is 3.49. The fraction of sp³-hybridized carbons (Fsp3) is 0.250. The third kappa shape index (κ3) is 4.89. The largest absolute Gasteiger partial charge is 0.451 e. The Kier molecular flexibility index (Phi) is 6.23. The number of nitrogens with zero attached hydrogens (tertiary/aromatic N) is 4. The van der Waals surface area contributed by atoms with E-state index in [1.807, 2.05) is 16.8 Å². The monoisotopic (exact) mass is 458 g/mol. The van der Waals surface area contributed by atoms with E-state index in [2.05, 4.69) is 9.88 Å². The van der Waals surface area contributed by atoms with Crippen molar-refractivity contribution < 1.29 is 19.2 Å². The fourth-order valence-electron chi connectivity index (χ4n) is 3.18. The molecule has 3 heterocycles. The van der Waals surface area contributed by atoms with Crippen LogP contribution in [0.3, 0.4) is 0 Å². The molecule has 3 aromatic rings. The topological polar surface area (TPSA) is 106 Å². The van der Waals surface area contributed by atoms with E-state index in [4.69, 9.17) is 4.74 Å². The highest BCUT2D eigenvalue weighted by Crippen LogP contribution is 2.26. The second kappa shape index (κ2) is 9.23. The van der Waals surface area contributed by atoms with E-state index in [0.29, 0.717) is 26.2 Å². The first-order valence-corrected chi connectivity index (χ1v) is 11.3. The maximum atomic E-state index is 12.4. The highest BCUT2D eigenvalue weighted by molar-refractivity contribution is 7.14. The molecule has 160 valence electrons. The number of carbonyl (C=O) groups is 2. The van der Waals surface area contributed by atoms with Gasteiger partial charge < -0.3 is 14.5 Å². The van der Waals surface area contributed by atoms with Crippen LogP contribution in [-0.4, -0.2) is 59.5 Å². The Labute approximate surface area is 185 Å². The van der Waals surface area contributed by atoms with Crippen molar-refractivity contribution in [1.29, 1.82) is 0 Å². The van der Waals surface area contributed by atoms with E-state index >= 15 is 0 Å². The number of carbonyl (C=O) groups excluding carboxylic acids is 2. The third-order valence-corrected chi connectivity index (χ3v) is 6.44. The number of hydrogen-bond donors (Lipinski definition) is 0.